The molecule has 0 saturated heterocycles. The van der Waals surface area contributed by atoms with Crippen LogP contribution in [-0.4, -0.2) is 34.5 Å². The van der Waals surface area contributed by atoms with Gasteiger partial charge in [-0.3, -0.25) is 14.2 Å². The van der Waals surface area contributed by atoms with Gasteiger partial charge < -0.3 is 10.0 Å². The monoisotopic (exact) mass is 474 g/mol. The fourth-order valence-corrected chi connectivity index (χ4v) is 5.42. The lowest BCUT2D eigenvalue weighted by atomic mass is 9.74. The standard InChI is InChI=1S/C30H38N2O3/c1-5-8-17-30(35)25-14-12-11-13-23(25)27-24-16-15-22(31(18-9-6-2)19-10-7-3)20-26(24)32(21(4)33)28(27)29(30)34/h11-16,20,35H,5-10,17-19H2,1-4H3. The van der Waals surface area contributed by atoms with E-state index in [0.29, 0.717) is 17.7 Å². The number of benzene rings is 2. The molecule has 0 fully saturated rings. The second kappa shape index (κ2) is 10.4. The number of ketones is 1. The van der Waals surface area contributed by atoms with Crippen LogP contribution in [0.1, 0.15) is 93.5 Å². The van der Waals surface area contributed by atoms with Gasteiger partial charge in [0.25, 0.3) is 0 Å². The van der Waals surface area contributed by atoms with Crippen LogP contribution < -0.4 is 4.90 Å². The molecule has 0 spiro atoms. The minimum Gasteiger partial charge on any atom is -0.377 e. The lowest BCUT2D eigenvalue weighted by Crippen LogP contribution is -2.40. The van der Waals surface area contributed by atoms with Gasteiger partial charge in [0.1, 0.15) is 5.69 Å². The third-order valence-electron chi connectivity index (χ3n) is 7.32. The number of aliphatic hydroxyl groups is 1. The van der Waals surface area contributed by atoms with E-state index < -0.39 is 5.60 Å². The van der Waals surface area contributed by atoms with E-state index in [1.807, 2.05) is 37.3 Å². The van der Waals surface area contributed by atoms with Crippen LogP contribution in [-0.2, 0) is 5.60 Å². The number of hydrogen-bond acceptors (Lipinski definition) is 4. The maximum Gasteiger partial charge on any atom is 0.228 e. The Bertz CT molecular complexity index is 1230. The molecular formula is C30H38N2O3. The first-order valence-corrected chi connectivity index (χ1v) is 13.2. The summed E-state index contributed by atoms with van der Waals surface area (Å²) in [5, 5.41) is 12.6. The molecule has 5 nitrogen and oxygen atoms in total. The van der Waals surface area contributed by atoms with Crippen LogP contribution >= 0.6 is 0 Å². The number of hydrogen-bond donors (Lipinski definition) is 1. The minimum atomic E-state index is -1.63. The number of carbonyl (C=O) groups is 2. The summed E-state index contributed by atoms with van der Waals surface area (Å²) in [6, 6.07) is 13.8. The molecule has 1 atom stereocenters. The maximum absolute atomic E-state index is 14.0. The lowest BCUT2D eigenvalue weighted by molar-refractivity contribution is 0.0225. The molecule has 186 valence electrons. The van der Waals surface area contributed by atoms with Crippen LogP contribution in [0.15, 0.2) is 42.5 Å². The topological polar surface area (TPSA) is 62.5 Å². The summed E-state index contributed by atoms with van der Waals surface area (Å²) >= 11 is 0. The van der Waals surface area contributed by atoms with Crippen LogP contribution in [0.2, 0.25) is 0 Å². The molecule has 1 unspecified atom stereocenters. The van der Waals surface area contributed by atoms with E-state index in [1.165, 1.54) is 6.92 Å². The molecule has 1 N–H and O–H groups in total. The van der Waals surface area contributed by atoms with Gasteiger partial charge >= 0.3 is 0 Å². The van der Waals surface area contributed by atoms with Gasteiger partial charge in [-0.15, -0.1) is 0 Å². The fourth-order valence-electron chi connectivity index (χ4n) is 5.42. The third kappa shape index (κ3) is 4.31. The van der Waals surface area contributed by atoms with Crippen LogP contribution in [0.5, 0.6) is 0 Å². The second-order valence-electron chi connectivity index (χ2n) is 9.81. The number of anilines is 1. The predicted octanol–water partition coefficient (Wildman–Crippen LogP) is 6.95. The lowest BCUT2D eigenvalue weighted by Gasteiger charge is -2.33. The van der Waals surface area contributed by atoms with Crippen LogP contribution in [0, 0.1) is 0 Å². The summed E-state index contributed by atoms with van der Waals surface area (Å²) in [5.41, 5.74) is 2.74. The van der Waals surface area contributed by atoms with Gasteiger partial charge in [-0.1, -0.05) is 76.8 Å². The molecule has 4 rings (SSSR count). The highest BCUT2D eigenvalue weighted by atomic mass is 16.3. The smallest absolute Gasteiger partial charge is 0.228 e. The summed E-state index contributed by atoms with van der Waals surface area (Å²) in [4.78, 5) is 29.4. The van der Waals surface area contributed by atoms with Crippen LogP contribution in [0.3, 0.4) is 0 Å². The summed E-state index contributed by atoms with van der Waals surface area (Å²) in [6.45, 7) is 9.85. The van der Waals surface area contributed by atoms with E-state index in [1.54, 1.807) is 4.57 Å². The van der Waals surface area contributed by atoms with Crippen molar-refractivity contribution in [2.45, 2.75) is 78.2 Å². The van der Waals surface area contributed by atoms with E-state index in [2.05, 4.69) is 30.9 Å². The van der Waals surface area contributed by atoms with E-state index in [9.17, 15) is 14.7 Å². The van der Waals surface area contributed by atoms with Crippen molar-refractivity contribution in [1.29, 1.82) is 0 Å². The first kappa shape index (κ1) is 25.2. The van der Waals surface area contributed by atoms with Crippen molar-refractivity contribution in [2.75, 3.05) is 18.0 Å². The van der Waals surface area contributed by atoms with Crippen LogP contribution in [0.4, 0.5) is 5.69 Å². The zero-order valence-corrected chi connectivity index (χ0v) is 21.6. The number of carbonyl (C=O) groups excluding carboxylic acids is 2. The van der Waals surface area contributed by atoms with Crippen molar-refractivity contribution in [3.8, 4) is 11.1 Å². The van der Waals surface area contributed by atoms with Crippen LogP contribution in [0.25, 0.3) is 22.0 Å². The molecule has 1 heterocycles. The Kier molecular flexibility index (Phi) is 7.46. The molecule has 1 aliphatic carbocycles. The largest absolute Gasteiger partial charge is 0.377 e. The van der Waals surface area contributed by atoms with Crippen molar-refractivity contribution in [3.05, 3.63) is 53.7 Å². The summed E-state index contributed by atoms with van der Waals surface area (Å²) in [7, 11) is 0. The number of rotatable bonds is 10. The van der Waals surface area contributed by atoms with Gasteiger partial charge in [0.2, 0.25) is 11.7 Å². The van der Waals surface area contributed by atoms with Crippen molar-refractivity contribution in [3.63, 3.8) is 0 Å². The summed E-state index contributed by atoms with van der Waals surface area (Å²) in [5.74, 6) is -0.589. The Hall–Kier alpha value is -2.92. The van der Waals surface area contributed by atoms with Gasteiger partial charge in [-0.25, -0.2) is 0 Å². The third-order valence-corrected chi connectivity index (χ3v) is 7.32. The molecule has 5 heteroatoms. The fraction of sp³-hybridized carbons (Fsp3) is 0.467. The molecule has 35 heavy (non-hydrogen) atoms. The molecule has 0 amide bonds. The van der Waals surface area contributed by atoms with Gasteiger partial charge in [-0.05, 0) is 42.5 Å². The molecule has 2 aromatic carbocycles. The van der Waals surface area contributed by atoms with Crippen molar-refractivity contribution < 1.29 is 14.7 Å². The Morgan fingerprint density at radius 1 is 0.971 bits per heavy atom. The van der Waals surface area contributed by atoms with E-state index in [0.717, 1.165) is 79.3 Å². The highest BCUT2D eigenvalue weighted by molar-refractivity contribution is 6.20. The van der Waals surface area contributed by atoms with E-state index >= 15 is 0 Å². The highest BCUT2D eigenvalue weighted by Gasteiger charge is 2.47. The minimum absolute atomic E-state index is 0.215. The maximum atomic E-state index is 14.0. The highest BCUT2D eigenvalue weighted by Crippen LogP contribution is 2.48. The molecule has 0 radical (unpaired) electrons. The number of Topliss-reactive ketones (excluding diaryl/α,β-unsaturated/α-hetero) is 1. The number of nitrogens with zero attached hydrogens (tertiary/aromatic N) is 2. The molecule has 0 aliphatic heterocycles. The normalized spacial score (nSPS) is 16.9. The average Bonchev–Trinajstić information content (AvgIpc) is 3.21. The Balaban J connectivity index is 1.97. The average molecular weight is 475 g/mol. The second-order valence-corrected chi connectivity index (χ2v) is 9.81. The summed E-state index contributed by atoms with van der Waals surface area (Å²) < 4.78 is 1.54. The van der Waals surface area contributed by atoms with Crippen molar-refractivity contribution in [2.24, 2.45) is 0 Å². The van der Waals surface area contributed by atoms with Gasteiger partial charge in [0.15, 0.2) is 5.60 Å². The van der Waals surface area contributed by atoms with Crippen molar-refractivity contribution in [1.82, 2.24) is 4.57 Å². The molecule has 0 bridgehead atoms. The molecule has 0 saturated carbocycles. The Morgan fingerprint density at radius 3 is 2.26 bits per heavy atom. The first-order chi connectivity index (χ1) is 16.9. The van der Waals surface area contributed by atoms with E-state index in [-0.39, 0.29) is 11.7 Å². The number of unbranched alkanes of at least 4 members (excludes halogenated alkanes) is 3. The zero-order chi connectivity index (χ0) is 25.2. The van der Waals surface area contributed by atoms with Gasteiger partial charge in [-0.2, -0.15) is 0 Å². The molecule has 1 aromatic heterocycles. The molecular weight excluding hydrogens is 436 g/mol. The number of fused-ring (bicyclic) bond motifs is 5. The van der Waals surface area contributed by atoms with Gasteiger partial charge in [0.05, 0.1) is 5.52 Å². The molecule has 3 aromatic rings. The predicted molar refractivity (Wildman–Crippen MR) is 143 cm³/mol. The quantitative estimate of drug-likeness (QED) is 0.345. The Morgan fingerprint density at radius 2 is 1.63 bits per heavy atom. The SMILES string of the molecule is CCCCN(CCCC)c1ccc2c3c(n(C(C)=O)c2c1)C(=O)C(O)(CCCC)c1ccccc1-3. The summed E-state index contributed by atoms with van der Waals surface area (Å²) in [6.07, 6.45) is 6.36. The molecule has 1 aliphatic rings. The first-order valence-electron chi connectivity index (χ1n) is 13.2. The Labute approximate surface area is 208 Å². The zero-order valence-electron chi connectivity index (χ0n) is 21.6. The van der Waals surface area contributed by atoms with Gasteiger partial charge in [0, 0.05) is 36.7 Å². The van der Waals surface area contributed by atoms with E-state index in [4.69, 9.17) is 0 Å². The number of aromatic nitrogens is 1. The van der Waals surface area contributed by atoms with Crippen molar-refractivity contribution >= 4 is 28.3 Å².